The van der Waals surface area contributed by atoms with Crippen molar-refractivity contribution in [3.05, 3.63) is 34.9 Å². The van der Waals surface area contributed by atoms with Crippen LogP contribution < -0.4 is 0 Å². The van der Waals surface area contributed by atoms with E-state index in [1.165, 1.54) is 22.6 Å². The van der Waals surface area contributed by atoms with Gasteiger partial charge in [-0.05, 0) is 18.1 Å². The molecular weight excluding hydrogens is 164 g/mol. The average molecular weight is 180 g/mol. The number of hydrogen-bond acceptors (Lipinski definition) is 1. The van der Waals surface area contributed by atoms with Gasteiger partial charge in [0.2, 0.25) is 0 Å². The lowest BCUT2D eigenvalue weighted by molar-refractivity contribution is 1.31. The summed E-state index contributed by atoms with van der Waals surface area (Å²) in [4.78, 5) is 0. The van der Waals surface area contributed by atoms with Crippen LogP contribution in [0.5, 0.6) is 0 Å². The van der Waals surface area contributed by atoms with Gasteiger partial charge in [0.15, 0.2) is 0 Å². The number of rotatable bonds is 0. The zero-order valence-electron chi connectivity index (χ0n) is 8.05. The highest BCUT2D eigenvalue weighted by Crippen LogP contribution is 2.29. The van der Waals surface area contributed by atoms with Gasteiger partial charge in [0.25, 0.3) is 0 Å². The van der Waals surface area contributed by atoms with Crippen molar-refractivity contribution in [2.75, 3.05) is 0 Å². The summed E-state index contributed by atoms with van der Waals surface area (Å²) in [5.41, 5.74) is 4.47. The Morgan fingerprint density at radius 3 is 2.50 bits per heavy atom. The highest BCUT2D eigenvalue weighted by molar-refractivity contribution is 7.98. The number of aryl methyl sites for hydroxylation is 1. The monoisotopic (exact) mass is 180 g/mol. The number of fused-ring (bicyclic) bond motifs is 1. The lowest BCUT2D eigenvalue weighted by atomic mass is 10.1. The highest BCUT2D eigenvalue weighted by Gasteiger charge is 2.09. The van der Waals surface area contributed by atoms with Crippen LogP contribution in [0.25, 0.3) is 0 Å². The summed E-state index contributed by atoms with van der Waals surface area (Å²) in [7, 11) is 0. The Morgan fingerprint density at radius 1 is 1.08 bits per heavy atom. The van der Waals surface area contributed by atoms with Crippen LogP contribution in [0, 0.1) is 6.92 Å². The Kier molecular flexibility index (Phi) is 3.67. The molecule has 0 saturated heterocycles. The van der Waals surface area contributed by atoms with Crippen molar-refractivity contribution < 1.29 is 0 Å². The summed E-state index contributed by atoms with van der Waals surface area (Å²) < 4.78 is 0. The molecule has 0 bridgehead atoms. The molecule has 0 radical (unpaired) electrons. The van der Waals surface area contributed by atoms with Gasteiger partial charge >= 0.3 is 0 Å². The van der Waals surface area contributed by atoms with Gasteiger partial charge in [0, 0.05) is 11.5 Å². The molecule has 66 valence electrons. The van der Waals surface area contributed by atoms with Crippen LogP contribution in [0.15, 0.2) is 18.2 Å². The largest absolute Gasteiger partial charge is 0.152 e. The second-order valence-corrected chi connectivity index (χ2v) is 3.75. The van der Waals surface area contributed by atoms with E-state index in [1.54, 1.807) is 5.56 Å². The zero-order valence-corrected chi connectivity index (χ0v) is 8.87. The molecule has 1 aromatic carbocycles. The number of benzene rings is 1. The van der Waals surface area contributed by atoms with Gasteiger partial charge in [-0.2, -0.15) is 11.8 Å². The van der Waals surface area contributed by atoms with E-state index in [0.717, 1.165) is 0 Å². The molecule has 1 aromatic rings. The van der Waals surface area contributed by atoms with Gasteiger partial charge in [-0.3, -0.25) is 0 Å². The first-order chi connectivity index (χ1) is 5.86. The van der Waals surface area contributed by atoms with Crippen LogP contribution in [0.2, 0.25) is 0 Å². The van der Waals surface area contributed by atoms with Crippen molar-refractivity contribution in [1.29, 1.82) is 0 Å². The molecule has 0 atom stereocenters. The van der Waals surface area contributed by atoms with Crippen molar-refractivity contribution in [2.45, 2.75) is 32.3 Å². The zero-order chi connectivity index (χ0) is 8.97. The number of hydrogen-bond donors (Lipinski definition) is 0. The maximum atomic E-state index is 2.30. The summed E-state index contributed by atoms with van der Waals surface area (Å²) >= 11 is 2.01. The van der Waals surface area contributed by atoms with E-state index in [2.05, 4.69) is 25.1 Å². The van der Waals surface area contributed by atoms with Crippen molar-refractivity contribution in [2.24, 2.45) is 0 Å². The quantitative estimate of drug-likeness (QED) is 0.585. The smallest absolute Gasteiger partial charge is 0.0191 e. The fourth-order valence-corrected chi connectivity index (χ4v) is 2.39. The van der Waals surface area contributed by atoms with Crippen molar-refractivity contribution in [1.82, 2.24) is 0 Å². The minimum Gasteiger partial charge on any atom is -0.152 e. The molecule has 0 nitrogen and oxygen atoms in total. The van der Waals surface area contributed by atoms with Crippen molar-refractivity contribution in [3.63, 3.8) is 0 Å². The lowest BCUT2D eigenvalue weighted by Crippen LogP contribution is -1.81. The van der Waals surface area contributed by atoms with Gasteiger partial charge < -0.3 is 0 Å². The second-order valence-electron chi connectivity index (χ2n) is 2.76. The Bertz CT molecular complexity index is 253. The first kappa shape index (κ1) is 9.66. The Balaban J connectivity index is 0.000000336. The van der Waals surface area contributed by atoms with E-state index >= 15 is 0 Å². The fourth-order valence-electron chi connectivity index (χ4n) is 1.30. The van der Waals surface area contributed by atoms with E-state index < -0.39 is 0 Å². The van der Waals surface area contributed by atoms with Gasteiger partial charge in [0.1, 0.15) is 0 Å². The van der Waals surface area contributed by atoms with Crippen molar-refractivity contribution in [3.8, 4) is 0 Å². The Morgan fingerprint density at radius 2 is 1.75 bits per heavy atom. The molecule has 0 N–H and O–H groups in total. The summed E-state index contributed by atoms with van der Waals surface area (Å²) in [5.74, 6) is 2.44. The molecule has 2 rings (SSSR count). The van der Waals surface area contributed by atoms with E-state index in [9.17, 15) is 0 Å². The predicted molar refractivity (Wildman–Crippen MR) is 57.5 cm³/mol. The summed E-state index contributed by atoms with van der Waals surface area (Å²) in [5, 5.41) is 0. The lowest BCUT2D eigenvalue weighted by Gasteiger charge is -1.97. The molecule has 0 saturated carbocycles. The standard InChI is InChI=1S/C9H10S.C2H6/c1-7-2-3-8-5-10-6-9(8)4-7;1-2/h2-4H,5-6H2,1H3;1-2H3. The van der Waals surface area contributed by atoms with Crippen LogP contribution in [0.4, 0.5) is 0 Å². The molecule has 1 aliphatic heterocycles. The molecule has 0 amide bonds. The van der Waals surface area contributed by atoms with Crippen LogP contribution in [-0.2, 0) is 11.5 Å². The number of thioether (sulfide) groups is 1. The maximum Gasteiger partial charge on any atom is 0.0191 e. The second kappa shape index (κ2) is 4.56. The van der Waals surface area contributed by atoms with Gasteiger partial charge in [0.05, 0.1) is 0 Å². The average Bonchev–Trinajstić information content (AvgIpc) is 2.54. The van der Waals surface area contributed by atoms with Crippen molar-refractivity contribution >= 4 is 11.8 Å². The molecule has 1 aliphatic rings. The maximum absolute atomic E-state index is 2.30. The molecule has 0 unspecified atom stereocenters. The molecule has 0 aromatic heterocycles. The minimum absolute atomic E-state index is 1.22. The molecule has 1 heterocycles. The summed E-state index contributed by atoms with van der Waals surface area (Å²) in [6.07, 6.45) is 0. The Hall–Kier alpha value is -0.430. The van der Waals surface area contributed by atoms with E-state index in [4.69, 9.17) is 0 Å². The van der Waals surface area contributed by atoms with Crippen LogP contribution in [0.1, 0.15) is 30.5 Å². The first-order valence-corrected chi connectivity index (χ1v) is 5.68. The van der Waals surface area contributed by atoms with Crippen LogP contribution in [-0.4, -0.2) is 0 Å². The Labute approximate surface area is 79.4 Å². The van der Waals surface area contributed by atoms with E-state index in [0.29, 0.717) is 0 Å². The molecule has 0 fully saturated rings. The van der Waals surface area contributed by atoms with Gasteiger partial charge in [-0.25, -0.2) is 0 Å². The highest BCUT2D eigenvalue weighted by atomic mass is 32.2. The van der Waals surface area contributed by atoms with Crippen LogP contribution >= 0.6 is 11.8 Å². The minimum atomic E-state index is 1.22. The summed E-state index contributed by atoms with van der Waals surface area (Å²) in [6, 6.07) is 6.75. The summed E-state index contributed by atoms with van der Waals surface area (Å²) in [6.45, 7) is 6.16. The normalized spacial score (nSPS) is 13.2. The molecule has 12 heavy (non-hydrogen) atoms. The van der Waals surface area contributed by atoms with E-state index in [-0.39, 0.29) is 0 Å². The van der Waals surface area contributed by atoms with E-state index in [1.807, 2.05) is 25.6 Å². The molecule has 0 aliphatic carbocycles. The third-order valence-corrected chi connectivity index (χ3v) is 2.91. The van der Waals surface area contributed by atoms with Gasteiger partial charge in [-0.1, -0.05) is 37.6 Å². The first-order valence-electron chi connectivity index (χ1n) is 4.52. The predicted octanol–water partition coefficient (Wildman–Crippen LogP) is 3.77. The third kappa shape index (κ3) is 2.04. The topological polar surface area (TPSA) is 0 Å². The fraction of sp³-hybridized carbons (Fsp3) is 0.455. The van der Waals surface area contributed by atoms with Gasteiger partial charge in [-0.15, -0.1) is 0 Å². The van der Waals surface area contributed by atoms with Crippen LogP contribution in [0.3, 0.4) is 0 Å². The molecule has 0 spiro atoms. The SMILES string of the molecule is CC.Cc1ccc2c(c1)CSC2. The molecule has 1 heteroatoms. The molecular formula is C11H16S. The third-order valence-electron chi connectivity index (χ3n) is 1.88.